The Balaban J connectivity index is 1.47. The van der Waals surface area contributed by atoms with Crippen LogP contribution in [0.25, 0.3) is 0 Å². The number of aromatic nitrogens is 2. The Bertz CT molecular complexity index is 953. The SMILES string of the molecule is Cn1cc(NC(=O)CCCN2C(=O)c3ccccc3N3C(=O)CCC23C)cn1. The van der Waals surface area contributed by atoms with Gasteiger partial charge in [-0.2, -0.15) is 5.10 Å². The molecule has 0 spiro atoms. The first-order valence-electron chi connectivity index (χ1n) is 9.43. The molecule has 0 radical (unpaired) electrons. The molecule has 1 aromatic carbocycles. The molecule has 1 aromatic heterocycles. The van der Waals surface area contributed by atoms with E-state index in [1.807, 2.05) is 19.1 Å². The Hall–Kier alpha value is -3.16. The lowest BCUT2D eigenvalue weighted by Gasteiger charge is -2.48. The van der Waals surface area contributed by atoms with Crippen molar-refractivity contribution in [1.82, 2.24) is 14.7 Å². The van der Waals surface area contributed by atoms with Crippen LogP contribution in [0, 0.1) is 0 Å². The van der Waals surface area contributed by atoms with E-state index in [-0.39, 0.29) is 24.1 Å². The molecule has 0 bridgehead atoms. The van der Waals surface area contributed by atoms with E-state index in [0.717, 1.165) is 0 Å². The van der Waals surface area contributed by atoms with Gasteiger partial charge in [-0.25, -0.2) is 0 Å². The molecule has 2 aliphatic heterocycles. The highest BCUT2D eigenvalue weighted by molar-refractivity contribution is 6.10. The molecule has 1 atom stereocenters. The molecule has 28 heavy (non-hydrogen) atoms. The second kappa shape index (κ2) is 6.78. The molecule has 4 rings (SSSR count). The average Bonchev–Trinajstić information content (AvgIpc) is 3.21. The van der Waals surface area contributed by atoms with Gasteiger partial charge < -0.3 is 10.2 Å². The highest BCUT2D eigenvalue weighted by atomic mass is 16.2. The molecular weight excluding hydrogens is 358 g/mol. The first-order valence-corrected chi connectivity index (χ1v) is 9.43. The predicted molar refractivity (Wildman–Crippen MR) is 104 cm³/mol. The maximum atomic E-state index is 13.1. The summed E-state index contributed by atoms with van der Waals surface area (Å²) in [6.45, 7) is 2.34. The van der Waals surface area contributed by atoms with Crippen LogP contribution in [0.2, 0.25) is 0 Å². The average molecular weight is 381 g/mol. The van der Waals surface area contributed by atoms with Crippen LogP contribution >= 0.6 is 0 Å². The van der Waals surface area contributed by atoms with Crippen LogP contribution in [0.4, 0.5) is 11.4 Å². The standard InChI is InChI=1S/C20H23N5O3/c1-20-10-9-18(27)25(20)16-7-4-3-6-15(16)19(28)24(20)11-5-8-17(26)22-14-12-21-23(2)13-14/h3-4,6-7,12-13H,5,8-11H2,1-2H3,(H,22,26). The van der Waals surface area contributed by atoms with Crippen molar-refractivity contribution in [2.45, 2.75) is 38.3 Å². The lowest BCUT2D eigenvalue weighted by atomic mass is 9.98. The normalized spacial score (nSPS) is 20.9. The van der Waals surface area contributed by atoms with Gasteiger partial charge >= 0.3 is 0 Å². The van der Waals surface area contributed by atoms with Crippen molar-refractivity contribution in [2.24, 2.45) is 7.05 Å². The van der Waals surface area contributed by atoms with Gasteiger partial charge in [0.15, 0.2) is 0 Å². The third kappa shape index (κ3) is 2.94. The van der Waals surface area contributed by atoms with Gasteiger partial charge in [0.25, 0.3) is 5.91 Å². The largest absolute Gasteiger partial charge is 0.323 e. The summed E-state index contributed by atoms with van der Waals surface area (Å²) in [6, 6.07) is 7.23. The quantitative estimate of drug-likeness (QED) is 0.860. The maximum absolute atomic E-state index is 13.1. The summed E-state index contributed by atoms with van der Waals surface area (Å²) in [5.74, 6) is -0.180. The number of benzene rings is 1. The number of anilines is 2. The van der Waals surface area contributed by atoms with E-state index in [1.54, 1.807) is 46.1 Å². The molecule has 8 heteroatoms. The van der Waals surface area contributed by atoms with E-state index in [2.05, 4.69) is 10.4 Å². The van der Waals surface area contributed by atoms with Crippen LogP contribution < -0.4 is 10.2 Å². The minimum atomic E-state index is -0.678. The fourth-order valence-corrected chi connectivity index (χ4v) is 4.15. The van der Waals surface area contributed by atoms with Crippen LogP contribution in [0.5, 0.6) is 0 Å². The summed E-state index contributed by atoms with van der Waals surface area (Å²) in [5.41, 5.74) is 1.19. The first kappa shape index (κ1) is 18.2. The van der Waals surface area contributed by atoms with Crippen molar-refractivity contribution in [3.05, 3.63) is 42.2 Å². The van der Waals surface area contributed by atoms with Crippen molar-refractivity contribution in [3.63, 3.8) is 0 Å². The molecule has 0 saturated carbocycles. The number of para-hydroxylation sites is 1. The number of hydrogen-bond donors (Lipinski definition) is 1. The number of hydrogen-bond acceptors (Lipinski definition) is 4. The van der Waals surface area contributed by atoms with E-state index in [9.17, 15) is 14.4 Å². The second-order valence-corrected chi connectivity index (χ2v) is 7.47. The van der Waals surface area contributed by atoms with E-state index in [4.69, 9.17) is 0 Å². The summed E-state index contributed by atoms with van der Waals surface area (Å²) in [5, 5.41) is 6.82. The lowest BCUT2D eigenvalue weighted by Crippen LogP contribution is -2.62. The fraction of sp³-hybridized carbons (Fsp3) is 0.400. The van der Waals surface area contributed by atoms with Gasteiger partial charge in [0.05, 0.1) is 23.1 Å². The van der Waals surface area contributed by atoms with Crippen LogP contribution in [0.15, 0.2) is 36.7 Å². The van der Waals surface area contributed by atoms with E-state index < -0.39 is 5.66 Å². The van der Waals surface area contributed by atoms with Crippen molar-refractivity contribution in [1.29, 1.82) is 0 Å². The van der Waals surface area contributed by atoms with Crippen molar-refractivity contribution in [2.75, 3.05) is 16.8 Å². The van der Waals surface area contributed by atoms with Gasteiger partial charge in [-0.05, 0) is 31.9 Å². The Kier molecular flexibility index (Phi) is 4.41. The highest BCUT2D eigenvalue weighted by Gasteiger charge is 2.52. The van der Waals surface area contributed by atoms with E-state index in [0.29, 0.717) is 42.7 Å². The molecule has 1 saturated heterocycles. The van der Waals surface area contributed by atoms with Crippen LogP contribution in [0.3, 0.4) is 0 Å². The molecule has 0 aliphatic carbocycles. The van der Waals surface area contributed by atoms with Crippen LogP contribution in [-0.4, -0.2) is 44.6 Å². The number of nitrogens with one attached hydrogen (secondary N) is 1. The molecule has 146 valence electrons. The Morgan fingerprint density at radius 2 is 2.07 bits per heavy atom. The van der Waals surface area contributed by atoms with Gasteiger partial charge in [-0.15, -0.1) is 0 Å². The number of rotatable bonds is 5. The molecule has 3 amide bonds. The summed E-state index contributed by atoms with van der Waals surface area (Å²) < 4.78 is 1.62. The van der Waals surface area contributed by atoms with E-state index >= 15 is 0 Å². The highest BCUT2D eigenvalue weighted by Crippen LogP contribution is 2.43. The van der Waals surface area contributed by atoms with E-state index in [1.165, 1.54) is 0 Å². The zero-order valence-corrected chi connectivity index (χ0v) is 16.0. The van der Waals surface area contributed by atoms with Gasteiger partial charge in [0, 0.05) is 32.6 Å². The summed E-state index contributed by atoms with van der Waals surface area (Å²) in [4.78, 5) is 41.3. The third-order valence-corrected chi connectivity index (χ3v) is 5.52. The zero-order valence-electron chi connectivity index (χ0n) is 16.0. The molecule has 1 N–H and O–H groups in total. The number of aryl methyl sites for hydroxylation is 1. The smallest absolute Gasteiger partial charge is 0.257 e. The topological polar surface area (TPSA) is 87.5 Å². The molecular formula is C20H23N5O3. The minimum Gasteiger partial charge on any atom is -0.323 e. The second-order valence-electron chi connectivity index (χ2n) is 7.47. The van der Waals surface area contributed by atoms with Gasteiger partial charge in [-0.3, -0.25) is 24.0 Å². The van der Waals surface area contributed by atoms with Crippen molar-refractivity contribution in [3.8, 4) is 0 Å². The molecule has 8 nitrogen and oxygen atoms in total. The number of nitrogens with zero attached hydrogens (tertiary/aromatic N) is 4. The number of carbonyl (C=O) groups excluding carboxylic acids is 3. The lowest BCUT2D eigenvalue weighted by molar-refractivity contribution is -0.118. The molecule has 3 heterocycles. The monoisotopic (exact) mass is 381 g/mol. The first-order chi connectivity index (χ1) is 13.4. The Morgan fingerprint density at radius 3 is 2.82 bits per heavy atom. The van der Waals surface area contributed by atoms with Crippen LogP contribution in [-0.2, 0) is 16.6 Å². The Morgan fingerprint density at radius 1 is 1.29 bits per heavy atom. The van der Waals surface area contributed by atoms with Crippen LogP contribution in [0.1, 0.15) is 43.0 Å². The van der Waals surface area contributed by atoms with Gasteiger partial charge in [-0.1, -0.05) is 12.1 Å². The number of fused-ring (bicyclic) bond motifs is 3. The summed E-state index contributed by atoms with van der Waals surface area (Å²) in [7, 11) is 1.78. The number of carbonyl (C=O) groups is 3. The zero-order chi connectivity index (χ0) is 19.9. The van der Waals surface area contributed by atoms with Crippen molar-refractivity contribution >= 4 is 29.1 Å². The summed E-state index contributed by atoms with van der Waals surface area (Å²) in [6.07, 6.45) is 5.12. The maximum Gasteiger partial charge on any atom is 0.257 e. The van der Waals surface area contributed by atoms with Crippen molar-refractivity contribution < 1.29 is 14.4 Å². The molecule has 2 aliphatic rings. The fourth-order valence-electron chi connectivity index (χ4n) is 4.15. The molecule has 1 unspecified atom stereocenters. The Labute approximate surface area is 163 Å². The number of amides is 3. The third-order valence-electron chi connectivity index (χ3n) is 5.52. The minimum absolute atomic E-state index is 0.0294. The predicted octanol–water partition coefficient (Wildman–Crippen LogP) is 2.14. The summed E-state index contributed by atoms with van der Waals surface area (Å²) >= 11 is 0. The molecule has 1 fully saturated rings. The van der Waals surface area contributed by atoms with Gasteiger partial charge in [0.1, 0.15) is 5.66 Å². The van der Waals surface area contributed by atoms with Gasteiger partial charge in [0.2, 0.25) is 11.8 Å². The molecule has 2 aromatic rings.